The van der Waals surface area contributed by atoms with E-state index >= 15 is 0 Å². The maximum Gasteiger partial charge on any atom is 0.435 e. The van der Waals surface area contributed by atoms with Crippen molar-refractivity contribution in [3.8, 4) is 0 Å². The van der Waals surface area contributed by atoms with Crippen LogP contribution in [0.25, 0.3) is 0 Å². The highest BCUT2D eigenvalue weighted by molar-refractivity contribution is 5.75. The Morgan fingerprint density at radius 1 is 1.17 bits per heavy atom. The summed E-state index contributed by atoms with van der Waals surface area (Å²) in [6, 6.07) is 10.5. The zero-order chi connectivity index (χ0) is 17.6. The normalized spacial score (nSPS) is 11.5. The third-order valence-electron chi connectivity index (χ3n) is 3.49. The second kappa shape index (κ2) is 7.96. The highest BCUT2D eigenvalue weighted by Gasteiger charge is 2.33. The van der Waals surface area contributed by atoms with Crippen LogP contribution in [-0.4, -0.2) is 40.2 Å². The lowest BCUT2D eigenvalue weighted by Crippen LogP contribution is -2.39. The van der Waals surface area contributed by atoms with E-state index in [9.17, 15) is 18.0 Å². The lowest BCUT2D eigenvalue weighted by Gasteiger charge is -2.22. The predicted octanol–water partition coefficient (Wildman–Crippen LogP) is 1.93. The van der Waals surface area contributed by atoms with E-state index in [1.54, 1.807) is 4.90 Å². The summed E-state index contributed by atoms with van der Waals surface area (Å²) in [5, 5.41) is 3.40. The summed E-state index contributed by atoms with van der Waals surface area (Å²) in [5.41, 5.74) is 5.59. The molecular formula is C16H19F3N4O. The van der Waals surface area contributed by atoms with Crippen LogP contribution in [0.3, 0.4) is 0 Å². The fourth-order valence-corrected chi connectivity index (χ4v) is 2.27. The molecule has 0 saturated heterocycles. The van der Waals surface area contributed by atoms with Crippen LogP contribution in [0.15, 0.2) is 42.6 Å². The minimum Gasteiger partial charge on any atom is -0.339 e. The minimum atomic E-state index is -4.52. The van der Waals surface area contributed by atoms with E-state index in [1.807, 2.05) is 30.3 Å². The molecule has 1 aromatic carbocycles. The largest absolute Gasteiger partial charge is 0.435 e. The lowest BCUT2D eigenvalue weighted by atomic mass is 10.1. The van der Waals surface area contributed by atoms with E-state index in [-0.39, 0.29) is 19.0 Å². The number of hydrogen-bond donors (Lipinski definition) is 1. The third-order valence-corrected chi connectivity index (χ3v) is 3.49. The number of carbonyl (C=O) groups excluding carboxylic acids is 1. The van der Waals surface area contributed by atoms with Gasteiger partial charge in [0.25, 0.3) is 0 Å². The average molecular weight is 340 g/mol. The SMILES string of the molecule is NCCN(CCc1ccccc1)C(=O)Cn1ccc(C(F)(F)F)n1. The fraction of sp³-hybridized carbons (Fsp3) is 0.375. The first-order valence-corrected chi connectivity index (χ1v) is 7.52. The molecule has 0 atom stereocenters. The number of nitrogens with zero attached hydrogens (tertiary/aromatic N) is 3. The van der Waals surface area contributed by atoms with Gasteiger partial charge >= 0.3 is 6.18 Å². The number of hydrogen-bond acceptors (Lipinski definition) is 3. The van der Waals surface area contributed by atoms with Crippen LogP contribution in [0.2, 0.25) is 0 Å². The molecule has 2 rings (SSSR count). The first-order chi connectivity index (χ1) is 11.4. The number of alkyl halides is 3. The lowest BCUT2D eigenvalue weighted by molar-refractivity contribution is -0.142. The minimum absolute atomic E-state index is 0.245. The van der Waals surface area contributed by atoms with E-state index in [0.717, 1.165) is 22.5 Å². The number of halogens is 3. The van der Waals surface area contributed by atoms with Crippen molar-refractivity contribution in [2.45, 2.75) is 19.1 Å². The Hall–Kier alpha value is -2.35. The van der Waals surface area contributed by atoms with Crippen molar-refractivity contribution in [2.75, 3.05) is 19.6 Å². The molecule has 8 heteroatoms. The molecule has 5 nitrogen and oxygen atoms in total. The van der Waals surface area contributed by atoms with Gasteiger partial charge < -0.3 is 10.6 Å². The summed E-state index contributed by atoms with van der Waals surface area (Å²) in [6.45, 7) is 0.838. The second-order valence-corrected chi connectivity index (χ2v) is 5.30. The molecule has 0 aliphatic rings. The Bertz CT molecular complexity index is 655. The zero-order valence-corrected chi connectivity index (χ0v) is 13.0. The molecule has 2 N–H and O–H groups in total. The van der Waals surface area contributed by atoms with Gasteiger partial charge in [-0.1, -0.05) is 30.3 Å². The van der Waals surface area contributed by atoms with E-state index in [4.69, 9.17) is 5.73 Å². The molecule has 0 unspecified atom stereocenters. The van der Waals surface area contributed by atoms with Gasteiger partial charge in [0.05, 0.1) is 0 Å². The molecule has 1 heterocycles. The molecule has 0 saturated carbocycles. The molecule has 0 bridgehead atoms. The molecule has 1 amide bonds. The topological polar surface area (TPSA) is 64.2 Å². The fourth-order valence-electron chi connectivity index (χ4n) is 2.27. The predicted molar refractivity (Wildman–Crippen MR) is 83.0 cm³/mol. The number of aromatic nitrogens is 2. The van der Waals surface area contributed by atoms with Gasteiger partial charge in [0, 0.05) is 25.8 Å². The molecule has 0 aliphatic heterocycles. The Morgan fingerprint density at radius 2 is 1.88 bits per heavy atom. The van der Waals surface area contributed by atoms with Crippen LogP contribution >= 0.6 is 0 Å². The van der Waals surface area contributed by atoms with Gasteiger partial charge in [-0.2, -0.15) is 18.3 Å². The Morgan fingerprint density at radius 3 is 2.46 bits per heavy atom. The average Bonchev–Trinajstić information content (AvgIpc) is 3.01. The molecule has 130 valence electrons. The molecule has 0 radical (unpaired) electrons. The summed E-state index contributed by atoms with van der Waals surface area (Å²) in [5.74, 6) is -0.312. The van der Waals surface area contributed by atoms with Crippen molar-refractivity contribution in [1.29, 1.82) is 0 Å². The van der Waals surface area contributed by atoms with Gasteiger partial charge in [0.2, 0.25) is 5.91 Å². The first-order valence-electron chi connectivity index (χ1n) is 7.52. The highest BCUT2D eigenvalue weighted by atomic mass is 19.4. The number of nitrogens with two attached hydrogens (primary N) is 1. The maximum absolute atomic E-state index is 12.5. The second-order valence-electron chi connectivity index (χ2n) is 5.30. The van der Waals surface area contributed by atoms with Gasteiger partial charge in [-0.15, -0.1) is 0 Å². The van der Waals surface area contributed by atoms with Gasteiger partial charge in [-0.25, -0.2) is 0 Å². The van der Waals surface area contributed by atoms with E-state index in [2.05, 4.69) is 5.10 Å². The van der Waals surface area contributed by atoms with Crippen LogP contribution < -0.4 is 5.73 Å². The zero-order valence-electron chi connectivity index (χ0n) is 13.0. The van der Waals surface area contributed by atoms with Crippen LogP contribution in [-0.2, 0) is 23.9 Å². The van der Waals surface area contributed by atoms with Gasteiger partial charge in [-0.3, -0.25) is 9.48 Å². The number of benzene rings is 1. The number of carbonyl (C=O) groups is 1. The van der Waals surface area contributed by atoms with Crippen LogP contribution in [0, 0.1) is 0 Å². The molecular weight excluding hydrogens is 321 g/mol. The van der Waals surface area contributed by atoms with E-state index in [0.29, 0.717) is 19.5 Å². The summed E-state index contributed by atoms with van der Waals surface area (Å²) < 4.78 is 38.6. The standard InChI is InChI=1S/C16H19F3N4O/c17-16(18,19)14-7-10-23(21-14)12-15(24)22(11-8-20)9-6-13-4-2-1-3-5-13/h1-5,7,10H,6,8-9,11-12,20H2. The van der Waals surface area contributed by atoms with Crippen LogP contribution in [0.5, 0.6) is 0 Å². The summed E-state index contributed by atoms with van der Waals surface area (Å²) >= 11 is 0. The molecule has 1 aromatic heterocycles. The first kappa shape index (κ1) is 18.0. The van der Waals surface area contributed by atoms with Crippen molar-refractivity contribution >= 4 is 5.91 Å². The highest BCUT2D eigenvalue weighted by Crippen LogP contribution is 2.27. The Labute approximate surface area is 137 Å². The molecule has 2 aromatic rings. The van der Waals surface area contributed by atoms with Gasteiger partial charge in [0.1, 0.15) is 6.54 Å². The van der Waals surface area contributed by atoms with E-state index < -0.39 is 11.9 Å². The smallest absolute Gasteiger partial charge is 0.339 e. The van der Waals surface area contributed by atoms with Crippen molar-refractivity contribution < 1.29 is 18.0 Å². The van der Waals surface area contributed by atoms with Gasteiger partial charge in [0.15, 0.2) is 5.69 Å². The number of amides is 1. The van der Waals surface area contributed by atoms with Crippen molar-refractivity contribution in [1.82, 2.24) is 14.7 Å². The van der Waals surface area contributed by atoms with Crippen LogP contribution in [0.1, 0.15) is 11.3 Å². The maximum atomic E-state index is 12.5. The molecule has 24 heavy (non-hydrogen) atoms. The molecule has 0 fully saturated rings. The third kappa shape index (κ3) is 5.09. The summed E-state index contributed by atoms with van der Waals surface area (Å²) in [7, 11) is 0. The number of rotatable bonds is 7. The van der Waals surface area contributed by atoms with Crippen molar-refractivity contribution in [3.63, 3.8) is 0 Å². The summed E-state index contributed by atoms with van der Waals surface area (Å²) in [6.07, 6.45) is -2.71. The van der Waals surface area contributed by atoms with Gasteiger partial charge in [-0.05, 0) is 18.1 Å². The van der Waals surface area contributed by atoms with Crippen LogP contribution in [0.4, 0.5) is 13.2 Å². The monoisotopic (exact) mass is 340 g/mol. The Balaban J connectivity index is 1.97. The summed E-state index contributed by atoms with van der Waals surface area (Å²) in [4.78, 5) is 13.9. The Kier molecular flexibility index (Phi) is 5.97. The molecule has 0 aliphatic carbocycles. The quantitative estimate of drug-likeness (QED) is 0.838. The van der Waals surface area contributed by atoms with Crippen molar-refractivity contribution in [2.24, 2.45) is 5.73 Å². The van der Waals surface area contributed by atoms with E-state index in [1.165, 1.54) is 0 Å². The van der Waals surface area contributed by atoms with Crippen molar-refractivity contribution in [3.05, 3.63) is 53.9 Å². The molecule has 0 spiro atoms.